The molecule has 0 atom stereocenters. The normalized spacial score (nSPS) is 12.5. The molecule has 20 heavy (non-hydrogen) atoms. The molecule has 5 nitrogen and oxygen atoms in total. The predicted octanol–water partition coefficient (Wildman–Crippen LogP) is 3.14. The molecule has 0 N–H and O–H groups in total. The fourth-order valence-corrected chi connectivity index (χ4v) is 2.64. The smallest absolute Gasteiger partial charge is 0.298 e. The number of hydrogen-bond acceptors (Lipinski definition) is 4. The van der Waals surface area contributed by atoms with E-state index in [1.54, 1.807) is 10.9 Å². The molecule has 1 heterocycles. The van der Waals surface area contributed by atoms with Crippen molar-refractivity contribution >= 4 is 14.8 Å². The summed E-state index contributed by atoms with van der Waals surface area (Å²) in [4.78, 5) is 10.3. The van der Waals surface area contributed by atoms with Crippen molar-refractivity contribution in [2.24, 2.45) is 0 Å². The van der Waals surface area contributed by atoms with Crippen molar-refractivity contribution in [3.8, 4) is 5.75 Å². The van der Waals surface area contributed by atoms with E-state index in [1.807, 2.05) is 6.92 Å². The molecule has 0 bridgehead atoms. The van der Waals surface area contributed by atoms with Gasteiger partial charge in [0.2, 0.25) is 0 Å². The highest BCUT2D eigenvalue weighted by atomic mass is 28.4. The number of carbonyl (C=O) groups excluding carboxylic acids is 1. The lowest BCUT2D eigenvalue weighted by Crippen LogP contribution is -2.41. The highest BCUT2D eigenvalue weighted by Gasteiger charge is 2.36. The van der Waals surface area contributed by atoms with E-state index in [1.165, 1.54) is 0 Å². The van der Waals surface area contributed by atoms with Crippen molar-refractivity contribution in [1.29, 1.82) is 0 Å². The zero-order valence-corrected chi connectivity index (χ0v) is 14.4. The van der Waals surface area contributed by atoms with E-state index in [0.717, 1.165) is 25.3 Å². The Morgan fingerprint density at radius 2 is 2.05 bits per heavy atom. The predicted molar refractivity (Wildman–Crippen MR) is 81.4 cm³/mol. The van der Waals surface area contributed by atoms with Crippen LogP contribution in [0, 0.1) is 6.92 Å². The lowest BCUT2D eigenvalue weighted by Gasteiger charge is -2.36. The molecule has 0 fully saturated rings. The standard InChI is InChI=1S/C14H26N2O3Si/c1-12-13(18-11-17)10-16(15-12)8-7-9-19-20(5,6)14(2,3)4/h10-11H,7-9H2,1-6H3. The average molecular weight is 298 g/mol. The summed E-state index contributed by atoms with van der Waals surface area (Å²) in [6.45, 7) is 15.0. The zero-order valence-electron chi connectivity index (χ0n) is 13.4. The van der Waals surface area contributed by atoms with E-state index >= 15 is 0 Å². The average Bonchev–Trinajstić information content (AvgIpc) is 2.65. The lowest BCUT2D eigenvalue weighted by atomic mass is 10.2. The second kappa shape index (κ2) is 6.54. The summed E-state index contributed by atoms with van der Waals surface area (Å²) in [5.74, 6) is 0.519. The van der Waals surface area contributed by atoms with Gasteiger partial charge in [0.15, 0.2) is 14.1 Å². The van der Waals surface area contributed by atoms with Crippen molar-refractivity contribution in [1.82, 2.24) is 9.78 Å². The molecule has 1 rings (SSSR count). The van der Waals surface area contributed by atoms with Crippen LogP contribution in [0.5, 0.6) is 5.75 Å². The third kappa shape index (κ3) is 4.45. The molecule has 0 saturated carbocycles. The molecular formula is C14H26N2O3Si. The largest absolute Gasteiger partial charge is 0.425 e. The monoisotopic (exact) mass is 298 g/mol. The van der Waals surface area contributed by atoms with Crippen LogP contribution in [-0.2, 0) is 15.8 Å². The van der Waals surface area contributed by atoms with Crippen LogP contribution in [0.25, 0.3) is 0 Å². The number of ether oxygens (including phenoxy) is 1. The molecule has 114 valence electrons. The molecule has 1 aromatic heterocycles. The van der Waals surface area contributed by atoms with Crippen LogP contribution in [0.3, 0.4) is 0 Å². The van der Waals surface area contributed by atoms with Crippen LogP contribution < -0.4 is 4.74 Å². The van der Waals surface area contributed by atoms with Gasteiger partial charge in [-0.25, -0.2) is 0 Å². The van der Waals surface area contributed by atoms with Gasteiger partial charge in [-0.2, -0.15) is 5.10 Å². The van der Waals surface area contributed by atoms with Crippen LogP contribution >= 0.6 is 0 Å². The molecule has 0 aliphatic heterocycles. The summed E-state index contributed by atoms with van der Waals surface area (Å²) < 4.78 is 12.7. The number of carbonyl (C=O) groups is 1. The van der Waals surface area contributed by atoms with E-state index < -0.39 is 8.32 Å². The maximum Gasteiger partial charge on any atom is 0.298 e. The molecule has 0 unspecified atom stereocenters. The summed E-state index contributed by atoms with van der Waals surface area (Å²) in [6.07, 6.45) is 2.64. The van der Waals surface area contributed by atoms with Gasteiger partial charge < -0.3 is 9.16 Å². The summed E-state index contributed by atoms with van der Waals surface area (Å²) in [5, 5.41) is 4.54. The lowest BCUT2D eigenvalue weighted by molar-refractivity contribution is -0.120. The molecule has 0 aliphatic rings. The first-order chi connectivity index (χ1) is 9.17. The Labute approximate surface area is 122 Å². The SMILES string of the molecule is Cc1nn(CCCO[Si](C)(C)C(C)(C)C)cc1OC=O. The van der Waals surface area contributed by atoms with Gasteiger partial charge in [-0.05, 0) is 31.5 Å². The first kappa shape index (κ1) is 16.9. The Morgan fingerprint density at radius 3 is 2.60 bits per heavy atom. The minimum absolute atomic E-state index is 0.236. The van der Waals surface area contributed by atoms with Crippen LogP contribution in [0.15, 0.2) is 6.20 Å². The van der Waals surface area contributed by atoms with Gasteiger partial charge in [0.1, 0.15) is 5.69 Å². The highest BCUT2D eigenvalue weighted by Crippen LogP contribution is 2.36. The molecule has 6 heteroatoms. The van der Waals surface area contributed by atoms with E-state index in [4.69, 9.17) is 9.16 Å². The molecule has 1 aromatic rings. The Bertz CT molecular complexity index is 450. The van der Waals surface area contributed by atoms with E-state index in [-0.39, 0.29) is 5.04 Å². The summed E-state index contributed by atoms with van der Waals surface area (Å²) >= 11 is 0. The number of nitrogens with zero attached hydrogens (tertiary/aromatic N) is 2. The number of rotatable bonds is 7. The van der Waals surface area contributed by atoms with Gasteiger partial charge >= 0.3 is 0 Å². The van der Waals surface area contributed by atoms with Crippen LogP contribution in [0.4, 0.5) is 0 Å². The number of aromatic nitrogens is 2. The molecule has 0 amide bonds. The van der Waals surface area contributed by atoms with Gasteiger partial charge in [-0.1, -0.05) is 20.8 Å². The highest BCUT2D eigenvalue weighted by molar-refractivity contribution is 6.74. The van der Waals surface area contributed by atoms with Crippen molar-refractivity contribution in [2.75, 3.05) is 6.61 Å². The van der Waals surface area contributed by atoms with E-state index in [2.05, 4.69) is 39.0 Å². The molecule has 0 aliphatic carbocycles. The third-order valence-corrected chi connectivity index (χ3v) is 8.42. The van der Waals surface area contributed by atoms with Gasteiger partial charge in [-0.3, -0.25) is 9.48 Å². The topological polar surface area (TPSA) is 53.4 Å². The molecule has 0 saturated heterocycles. The summed E-state index contributed by atoms with van der Waals surface area (Å²) in [7, 11) is -1.66. The van der Waals surface area contributed by atoms with E-state index in [9.17, 15) is 4.79 Å². The van der Waals surface area contributed by atoms with Gasteiger partial charge in [0, 0.05) is 13.2 Å². The Hall–Kier alpha value is -1.14. The fourth-order valence-electron chi connectivity index (χ4n) is 1.55. The minimum Gasteiger partial charge on any atom is -0.425 e. The van der Waals surface area contributed by atoms with Gasteiger partial charge in [-0.15, -0.1) is 0 Å². The molecule has 0 spiro atoms. The fraction of sp³-hybridized carbons (Fsp3) is 0.714. The first-order valence-corrected chi connectivity index (χ1v) is 9.86. The summed E-state index contributed by atoms with van der Waals surface area (Å²) in [6, 6.07) is 0. The van der Waals surface area contributed by atoms with Crippen molar-refractivity contribution in [3.63, 3.8) is 0 Å². The zero-order chi connectivity index (χ0) is 15.4. The molecular weight excluding hydrogens is 272 g/mol. The Balaban J connectivity index is 2.42. The minimum atomic E-state index is -1.66. The van der Waals surface area contributed by atoms with Crippen LogP contribution in [-0.4, -0.2) is 31.2 Å². The van der Waals surface area contributed by atoms with Gasteiger partial charge in [0.05, 0.1) is 6.20 Å². The Morgan fingerprint density at radius 1 is 1.40 bits per heavy atom. The van der Waals surface area contributed by atoms with Crippen molar-refractivity contribution in [3.05, 3.63) is 11.9 Å². The maximum absolute atomic E-state index is 10.3. The molecule has 0 aromatic carbocycles. The third-order valence-electron chi connectivity index (χ3n) is 3.88. The first-order valence-electron chi connectivity index (χ1n) is 6.96. The van der Waals surface area contributed by atoms with Crippen LogP contribution in [0.1, 0.15) is 32.9 Å². The second-order valence-corrected chi connectivity index (χ2v) is 11.3. The summed E-state index contributed by atoms with van der Waals surface area (Å²) in [5.41, 5.74) is 0.724. The van der Waals surface area contributed by atoms with Gasteiger partial charge in [0.25, 0.3) is 6.47 Å². The van der Waals surface area contributed by atoms with Crippen LogP contribution in [0.2, 0.25) is 18.1 Å². The van der Waals surface area contributed by atoms with Crippen molar-refractivity contribution < 1.29 is 14.0 Å². The second-order valence-electron chi connectivity index (χ2n) is 6.52. The number of aryl methyl sites for hydroxylation is 2. The quantitative estimate of drug-likeness (QED) is 0.441. The van der Waals surface area contributed by atoms with Crippen molar-refractivity contribution in [2.45, 2.75) is 58.8 Å². The number of hydrogen-bond donors (Lipinski definition) is 0. The van der Waals surface area contributed by atoms with E-state index in [0.29, 0.717) is 12.2 Å². The maximum atomic E-state index is 10.3. The molecule has 0 radical (unpaired) electrons. The Kier molecular flexibility index (Phi) is 5.53.